The van der Waals surface area contributed by atoms with Crippen LogP contribution in [0.4, 0.5) is 0 Å². The van der Waals surface area contributed by atoms with Crippen LogP contribution in [-0.2, 0) is 0 Å². The summed E-state index contributed by atoms with van der Waals surface area (Å²) in [5, 5.41) is 26.8. The quantitative estimate of drug-likeness (QED) is 0.798. The Hall–Kier alpha value is -3.09. The summed E-state index contributed by atoms with van der Waals surface area (Å²) in [6.45, 7) is 8.92. The van der Waals surface area contributed by atoms with Gasteiger partial charge in [0, 0.05) is 23.7 Å². The summed E-state index contributed by atoms with van der Waals surface area (Å²) < 4.78 is 1.54. The molecule has 1 aromatic carbocycles. The Morgan fingerprint density at radius 3 is 2.59 bits per heavy atom. The van der Waals surface area contributed by atoms with Crippen LogP contribution in [0.15, 0.2) is 18.2 Å². The van der Waals surface area contributed by atoms with E-state index in [0.29, 0.717) is 5.69 Å². The van der Waals surface area contributed by atoms with Gasteiger partial charge in [0.1, 0.15) is 23.0 Å². The first-order valence-electron chi connectivity index (χ1n) is 8.70. The first-order valence-corrected chi connectivity index (χ1v) is 8.70. The Balaban J connectivity index is 2.59. The molecule has 0 radical (unpaired) electrons. The Bertz CT molecular complexity index is 950. The first-order chi connectivity index (χ1) is 12.6. The average molecular weight is 364 g/mol. The van der Waals surface area contributed by atoms with Crippen molar-refractivity contribution in [2.75, 3.05) is 6.54 Å². The number of nitrogens with zero attached hydrogens (tertiary/aromatic N) is 3. The molecule has 0 saturated heterocycles. The number of nitriles is 1. The standard InChI is InChI=1S/C21H24N4O2/c1-7-15-8-9-16(10-14(15)4)18-17(11-22)19(25(24-18)13(2)3)20(26)23-12-21(5,6)27/h1,8-10,13,27H,12H2,2-6H3,(H,23,26). The van der Waals surface area contributed by atoms with Gasteiger partial charge in [-0.1, -0.05) is 12.0 Å². The highest BCUT2D eigenvalue weighted by molar-refractivity contribution is 5.97. The van der Waals surface area contributed by atoms with Crippen molar-refractivity contribution in [3.63, 3.8) is 0 Å². The van der Waals surface area contributed by atoms with Crippen LogP contribution in [0.3, 0.4) is 0 Å². The van der Waals surface area contributed by atoms with Gasteiger partial charge in [-0.2, -0.15) is 10.4 Å². The first kappa shape index (κ1) is 20.2. The zero-order chi connectivity index (χ0) is 20.4. The van der Waals surface area contributed by atoms with Crippen molar-refractivity contribution in [1.29, 1.82) is 5.26 Å². The van der Waals surface area contributed by atoms with Crippen molar-refractivity contribution in [3.05, 3.63) is 40.6 Å². The number of carbonyl (C=O) groups is 1. The van der Waals surface area contributed by atoms with E-state index in [0.717, 1.165) is 16.7 Å². The van der Waals surface area contributed by atoms with E-state index < -0.39 is 11.5 Å². The number of terminal acetylenes is 1. The molecule has 6 nitrogen and oxygen atoms in total. The van der Waals surface area contributed by atoms with E-state index in [-0.39, 0.29) is 23.8 Å². The number of benzene rings is 1. The molecule has 27 heavy (non-hydrogen) atoms. The van der Waals surface area contributed by atoms with Crippen LogP contribution in [-0.4, -0.2) is 32.9 Å². The number of carbonyl (C=O) groups excluding carboxylic acids is 1. The van der Waals surface area contributed by atoms with Crippen molar-refractivity contribution in [2.45, 2.75) is 46.3 Å². The summed E-state index contributed by atoms with van der Waals surface area (Å²) in [6, 6.07) is 7.45. The smallest absolute Gasteiger partial charge is 0.271 e. The van der Waals surface area contributed by atoms with E-state index in [1.165, 1.54) is 4.68 Å². The SMILES string of the molecule is C#Cc1ccc(-c2nn(C(C)C)c(C(=O)NCC(C)(C)O)c2C#N)cc1C. The Morgan fingerprint density at radius 2 is 2.11 bits per heavy atom. The third-order valence-corrected chi connectivity index (χ3v) is 4.06. The zero-order valence-electron chi connectivity index (χ0n) is 16.3. The number of amides is 1. The third kappa shape index (κ3) is 4.36. The molecule has 1 heterocycles. The van der Waals surface area contributed by atoms with Gasteiger partial charge in [-0.25, -0.2) is 0 Å². The van der Waals surface area contributed by atoms with Crippen LogP contribution in [0.1, 0.15) is 60.9 Å². The normalized spacial score (nSPS) is 11.1. The lowest BCUT2D eigenvalue weighted by Gasteiger charge is -2.18. The number of rotatable bonds is 5. The lowest BCUT2D eigenvalue weighted by molar-refractivity contribution is 0.0688. The maximum absolute atomic E-state index is 12.7. The summed E-state index contributed by atoms with van der Waals surface area (Å²) in [7, 11) is 0. The van der Waals surface area contributed by atoms with Gasteiger partial charge in [0.25, 0.3) is 5.91 Å². The monoisotopic (exact) mass is 364 g/mol. The van der Waals surface area contributed by atoms with Gasteiger partial charge in [-0.3, -0.25) is 9.48 Å². The molecule has 2 N–H and O–H groups in total. The number of aryl methyl sites for hydroxylation is 1. The topological polar surface area (TPSA) is 90.9 Å². The molecule has 0 aliphatic heterocycles. The Morgan fingerprint density at radius 1 is 1.44 bits per heavy atom. The van der Waals surface area contributed by atoms with Crippen molar-refractivity contribution in [3.8, 4) is 29.7 Å². The van der Waals surface area contributed by atoms with Gasteiger partial charge in [0.2, 0.25) is 0 Å². The lowest BCUT2D eigenvalue weighted by atomic mass is 10.0. The molecule has 0 atom stereocenters. The van der Waals surface area contributed by atoms with E-state index in [9.17, 15) is 15.2 Å². The molecule has 1 amide bonds. The summed E-state index contributed by atoms with van der Waals surface area (Å²) in [5.41, 5.74) is 2.14. The minimum atomic E-state index is -1.06. The number of aromatic nitrogens is 2. The maximum Gasteiger partial charge on any atom is 0.271 e. The van der Waals surface area contributed by atoms with E-state index in [4.69, 9.17) is 6.42 Å². The molecule has 0 unspecified atom stereocenters. The third-order valence-electron chi connectivity index (χ3n) is 4.06. The lowest BCUT2D eigenvalue weighted by Crippen LogP contribution is -2.39. The summed E-state index contributed by atoms with van der Waals surface area (Å²) in [6.07, 6.45) is 5.48. The van der Waals surface area contributed by atoms with Crippen LogP contribution in [0.5, 0.6) is 0 Å². The molecular weight excluding hydrogens is 340 g/mol. The van der Waals surface area contributed by atoms with Crippen LogP contribution in [0.25, 0.3) is 11.3 Å². The van der Waals surface area contributed by atoms with Crippen LogP contribution >= 0.6 is 0 Å². The van der Waals surface area contributed by atoms with Crippen LogP contribution in [0, 0.1) is 30.6 Å². The zero-order valence-corrected chi connectivity index (χ0v) is 16.3. The van der Waals surface area contributed by atoms with Crippen LogP contribution < -0.4 is 5.32 Å². The molecule has 140 valence electrons. The minimum Gasteiger partial charge on any atom is -0.389 e. The molecule has 6 heteroatoms. The largest absolute Gasteiger partial charge is 0.389 e. The fourth-order valence-electron chi connectivity index (χ4n) is 2.69. The molecule has 1 aromatic heterocycles. The highest BCUT2D eigenvalue weighted by Crippen LogP contribution is 2.28. The molecule has 2 aromatic rings. The van der Waals surface area contributed by atoms with E-state index in [1.54, 1.807) is 26.0 Å². The minimum absolute atomic E-state index is 0.0608. The predicted molar refractivity (Wildman–Crippen MR) is 104 cm³/mol. The second-order valence-corrected chi connectivity index (χ2v) is 7.39. The van der Waals surface area contributed by atoms with Crippen molar-refractivity contribution >= 4 is 5.91 Å². The molecule has 2 rings (SSSR count). The number of hydrogen-bond acceptors (Lipinski definition) is 4. The molecular formula is C21H24N4O2. The van der Waals surface area contributed by atoms with Gasteiger partial charge in [-0.05, 0) is 52.3 Å². The van der Waals surface area contributed by atoms with Gasteiger partial charge >= 0.3 is 0 Å². The molecule has 0 aliphatic rings. The van der Waals surface area contributed by atoms with Crippen molar-refractivity contribution in [1.82, 2.24) is 15.1 Å². The molecule has 0 spiro atoms. The average Bonchev–Trinajstić information content (AvgIpc) is 2.98. The number of hydrogen-bond donors (Lipinski definition) is 2. The second-order valence-electron chi connectivity index (χ2n) is 7.39. The summed E-state index contributed by atoms with van der Waals surface area (Å²) >= 11 is 0. The van der Waals surface area contributed by atoms with Gasteiger partial charge in [0.15, 0.2) is 0 Å². The number of aliphatic hydroxyl groups is 1. The Labute approximate surface area is 159 Å². The highest BCUT2D eigenvalue weighted by Gasteiger charge is 2.27. The second kappa shape index (κ2) is 7.65. The fourth-order valence-corrected chi connectivity index (χ4v) is 2.69. The molecule has 0 saturated carbocycles. The Kier molecular flexibility index (Phi) is 5.73. The van der Waals surface area contributed by atoms with Gasteiger partial charge in [0.05, 0.1) is 5.60 Å². The highest BCUT2D eigenvalue weighted by atomic mass is 16.3. The van der Waals surface area contributed by atoms with E-state index >= 15 is 0 Å². The van der Waals surface area contributed by atoms with Crippen LogP contribution in [0.2, 0.25) is 0 Å². The van der Waals surface area contributed by atoms with E-state index in [1.807, 2.05) is 26.8 Å². The fraction of sp³-hybridized carbons (Fsp3) is 0.381. The summed E-state index contributed by atoms with van der Waals surface area (Å²) in [5.74, 6) is 2.16. The van der Waals surface area contributed by atoms with E-state index in [2.05, 4.69) is 22.4 Å². The summed E-state index contributed by atoms with van der Waals surface area (Å²) in [4.78, 5) is 12.7. The number of nitrogens with one attached hydrogen (secondary N) is 1. The molecule has 0 fully saturated rings. The predicted octanol–water partition coefficient (Wildman–Crippen LogP) is 2.79. The van der Waals surface area contributed by atoms with Gasteiger partial charge in [-0.15, -0.1) is 6.42 Å². The van der Waals surface area contributed by atoms with Crippen molar-refractivity contribution in [2.24, 2.45) is 0 Å². The molecule has 0 aliphatic carbocycles. The molecule has 0 bridgehead atoms. The maximum atomic E-state index is 12.7. The van der Waals surface area contributed by atoms with Crippen molar-refractivity contribution < 1.29 is 9.90 Å². The van der Waals surface area contributed by atoms with Gasteiger partial charge < -0.3 is 10.4 Å².